The van der Waals surface area contributed by atoms with Gasteiger partial charge in [0.2, 0.25) is 5.91 Å². The van der Waals surface area contributed by atoms with Crippen molar-refractivity contribution in [1.82, 2.24) is 4.90 Å². The maximum Gasteiger partial charge on any atom is 0.244 e. The first-order chi connectivity index (χ1) is 9.99. The zero-order chi connectivity index (χ0) is 15.4. The van der Waals surface area contributed by atoms with Crippen molar-refractivity contribution in [2.24, 2.45) is 5.73 Å². The molecule has 0 aliphatic rings. The van der Waals surface area contributed by atoms with Crippen molar-refractivity contribution < 1.29 is 9.18 Å². The molecule has 0 saturated carbocycles. The summed E-state index contributed by atoms with van der Waals surface area (Å²) in [6.07, 6.45) is 0. The smallest absolute Gasteiger partial charge is 0.244 e. The number of hydrogen-bond donors (Lipinski definition) is 1. The molecule has 0 radical (unpaired) electrons. The number of nitrogens with two attached hydrogens (primary N) is 1. The topological polar surface area (TPSA) is 46.3 Å². The minimum absolute atomic E-state index is 0.0636. The molecule has 2 aromatic rings. The second-order valence-corrected chi connectivity index (χ2v) is 5.24. The maximum absolute atomic E-state index is 13.4. The third kappa shape index (κ3) is 3.80. The van der Waals surface area contributed by atoms with Gasteiger partial charge in [0.15, 0.2) is 0 Å². The average molecular weight is 307 g/mol. The predicted molar refractivity (Wildman–Crippen MR) is 81.3 cm³/mol. The summed E-state index contributed by atoms with van der Waals surface area (Å²) < 4.78 is 13.4. The Morgan fingerprint density at radius 1 is 1.29 bits per heavy atom. The number of carbonyl (C=O) groups excluding carboxylic acids is 1. The zero-order valence-corrected chi connectivity index (χ0v) is 12.3. The highest BCUT2D eigenvalue weighted by molar-refractivity contribution is 6.30. The second-order valence-electron chi connectivity index (χ2n) is 4.83. The molecule has 21 heavy (non-hydrogen) atoms. The van der Waals surface area contributed by atoms with E-state index >= 15 is 0 Å². The van der Waals surface area contributed by atoms with Crippen molar-refractivity contribution in [3.05, 3.63) is 70.5 Å². The van der Waals surface area contributed by atoms with Crippen LogP contribution in [0.1, 0.15) is 17.2 Å². The summed E-state index contributed by atoms with van der Waals surface area (Å²) in [5.74, 6) is -0.723. The number of benzene rings is 2. The Morgan fingerprint density at radius 2 is 1.95 bits per heavy atom. The highest BCUT2D eigenvalue weighted by Crippen LogP contribution is 2.18. The Bertz CT molecular complexity index is 633. The molecule has 110 valence electrons. The summed E-state index contributed by atoms with van der Waals surface area (Å²) in [5, 5.41) is 0.0636. The lowest BCUT2D eigenvalue weighted by molar-refractivity contribution is -0.131. The van der Waals surface area contributed by atoms with Gasteiger partial charge in [0.25, 0.3) is 0 Å². The minimum Gasteiger partial charge on any atom is -0.340 e. The van der Waals surface area contributed by atoms with Gasteiger partial charge in [-0.15, -0.1) is 0 Å². The van der Waals surface area contributed by atoms with Crippen molar-refractivity contribution >= 4 is 17.5 Å². The fourth-order valence-electron chi connectivity index (χ4n) is 2.03. The minimum atomic E-state index is -0.728. The lowest BCUT2D eigenvalue weighted by Crippen LogP contribution is -2.35. The highest BCUT2D eigenvalue weighted by Gasteiger charge is 2.19. The number of hydrogen-bond acceptors (Lipinski definition) is 2. The first-order valence-corrected chi connectivity index (χ1v) is 6.86. The van der Waals surface area contributed by atoms with Gasteiger partial charge in [-0.25, -0.2) is 4.39 Å². The SMILES string of the molecule is CN(Cc1ccc(Cl)c(F)c1)C(=O)[C@H](N)c1ccccc1. The molecule has 0 saturated heterocycles. The van der Waals surface area contributed by atoms with E-state index in [1.807, 2.05) is 18.2 Å². The van der Waals surface area contributed by atoms with E-state index in [0.717, 1.165) is 5.56 Å². The van der Waals surface area contributed by atoms with Gasteiger partial charge in [-0.05, 0) is 23.3 Å². The van der Waals surface area contributed by atoms with E-state index in [0.29, 0.717) is 5.56 Å². The number of amides is 1. The van der Waals surface area contributed by atoms with Gasteiger partial charge in [-0.3, -0.25) is 4.79 Å². The highest BCUT2D eigenvalue weighted by atomic mass is 35.5. The van der Waals surface area contributed by atoms with Crippen LogP contribution in [0, 0.1) is 5.82 Å². The van der Waals surface area contributed by atoms with Crippen LogP contribution in [0.5, 0.6) is 0 Å². The van der Waals surface area contributed by atoms with E-state index < -0.39 is 11.9 Å². The van der Waals surface area contributed by atoms with Crippen LogP contribution in [-0.2, 0) is 11.3 Å². The van der Waals surface area contributed by atoms with E-state index in [1.54, 1.807) is 25.2 Å². The Balaban J connectivity index is 2.07. The Hall–Kier alpha value is -1.91. The average Bonchev–Trinajstić information content (AvgIpc) is 2.50. The van der Waals surface area contributed by atoms with Crippen molar-refractivity contribution in [3.8, 4) is 0 Å². The van der Waals surface area contributed by atoms with Gasteiger partial charge >= 0.3 is 0 Å². The van der Waals surface area contributed by atoms with Gasteiger partial charge in [-0.2, -0.15) is 0 Å². The number of nitrogens with zero attached hydrogens (tertiary/aromatic N) is 1. The Labute approximate surface area is 128 Å². The van der Waals surface area contributed by atoms with Crippen LogP contribution in [-0.4, -0.2) is 17.9 Å². The number of likely N-dealkylation sites (N-methyl/N-ethyl adjacent to an activating group) is 1. The number of halogens is 2. The Kier molecular flexibility index (Phi) is 4.94. The van der Waals surface area contributed by atoms with Gasteiger partial charge in [-0.1, -0.05) is 48.0 Å². The summed E-state index contributed by atoms with van der Waals surface area (Å²) in [7, 11) is 1.64. The largest absolute Gasteiger partial charge is 0.340 e. The lowest BCUT2D eigenvalue weighted by Gasteiger charge is -2.21. The van der Waals surface area contributed by atoms with E-state index in [1.165, 1.54) is 17.0 Å². The molecule has 0 aromatic heterocycles. The first kappa shape index (κ1) is 15.5. The third-order valence-electron chi connectivity index (χ3n) is 3.20. The molecule has 2 aromatic carbocycles. The predicted octanol–water partition coefficient (Wildman–Crippen LogP) is 3.14. The standard InChI is InChI=1S/C16H16ClFN2O/c1-20(10-11-7-8-13(17)14(18)9-11)16(21)15(19)12-5-3-2-4-6-12/h2-9,15H,10,19H2,1H3/t15-/m1/s1. The number of carbonyl (C=O) groups is 1. The molecule has 0 aliphatic carbocycles. The van der Waals surface area contributed by atoms with Crippen LogP contribution in [0.2, 0.25) is 5.02 Å². The number of rotatable bonds is 4. The summed E-state index contributed by atoms with van der Waals surface area (Å²) in [6, 6.07) is 12.9. The van der Waals surface area contributed by atoms with Crippen molar-refractivity contribution in [2.75, 3.05) is 7.05 Å². The molecule has 1 amide bonds. The molecule has 0 spiro atoms. The van der Waals surface area contributed by atoms with Crippen molar-refractivity contribution in [1.29, 1.82) is 0 Å². The molecule has 0 heterocycles. The van der Waals surface area contributed by atoms with E-state index in [9.17, 15) is 9.18 Å². The summed E-state index contributed by atoms with van der Waals surface area (Å²) in [5.41, 5.74) is 7.37. The molecule has 0 unspecified atom stereocenters. The van der Waals surface area contributed by atoms with E-state index in [2.05, 4.69) is 0 Å². The normalized spacial score (nSPS) is 12.0. The summed E-state index contributed by atoms with van der Waals surface area (Å²) >= 11 is 5.63. The van der Waals surface area contributed by atoms with Gasteiger partial charge in [0.1, 0.15) is 11.9 Å². The van der Waals surface area contributed by atoms with Crippen LogP contribution >= 0.6 is 11.6 Å². The van der Waals surface area contributed by atoms with Crippen LogP contribution in [0.15, 0.2) is 48.5 Å². The third-order valence-corrected chi connectivity index (χ3v) is 3.51. The molecule has 2 N–H and O–H groups in total. The van der Waals surface area contributed by atoms with Crippen LogP contribution in [0.25, 0.3) is 0 Å². The monoisotopic (exact) mass is 306 g/mol. The van der Waals surface area contributed by atoms with E-state index in [-0.39, 0.29) is 17.5 Å². The quantitative estimate of drug-likeness (QED) is 0.943. The molecular weight excluding hydrogens is 291 g/mol. The molecular formula is C16H16ClFN2O. The van der Waals surface area contributed by atoms with Crippen molar-refractivity contribution in [2.45, 2.75) is 12.6 Å². The van der Waals surface area contributed by atoms with Gasteiger partial charge in [0.05, 0.1) is 5.02 Å². The molecule has 0 bridgehead atoms. The molecule has 0 fully saturated rings. The first-order valence-electron chi connectivity index (χ1n) is 6.48. The van der Waals surface area contributed by atoms with Crippen molar-refractivity contribution in [3.63, 3.8) is 0 Å². The zero-order valence-electron chi connectivity index (χ0n) is 11.6. The Morgan fingerprint density at radius 3 is 2.57 bits per heavy atom. The summed E-state index contributed by atoms with van der Waals surface area (Å²) in [6.45, 7) is 0.271. The molecule has 2 rings (SSSR count). The maximum atomic E-state index is 13.4. The van der Waals surface area contributed by atoms with Crippen LogP contribution in [0.3, 0.4) is 0 Å². The van der Waals surface area contributed by atoms with E-state index in [4.69, 9.17) is 17.3 Å². The van der Waals surface area contributed by atoms with Gasteiger partial charge in [0, 0.05) is 13.6 Å². The summed E-state index contributed by atoms with van der Waals surface area (Å²) in [4.78, 5) is 13.8. The molecule has 3 nitrogen and oxygen atoms in total. The lowest BCUT2D eigenvalue weighted by atomic mass is 10.1. The molecule has 1 atom stereocenters. The second kappa shape index (κ2) is 6.70. The van der Waals surface area contributed by atoms with Gasteiger partial charge < -0.3 is 10.6 Å². The molecule has 5 heteroatoms. The fourth-order valence-corrected chi connectivity index (χ4v) is 2.15. The van der Waals surface area contributed by atoms with Crippen LogP contribution in [0.4, 0.5) is 4.39 Å². The fraction of sp³-hybridized carbons (Fsp3) is 0.188. The van der Waals surface area contributed by atoms with Crippen LogP contribution < -0.4 is 5.73 Å². The molecule has 0 aliphatic heterocycles.